The van der Waals surface area contributed by atoms with Crippen molar-refractivity contribution >= 4 is 22.7 Å². The Kier molecular flexibility index (Phi) is 8.36. The van der Waals surface area contributed by atoms with Crippen LogP contribution in [0.2, 0.25) is 0 Å². The summed E-state index contributed by atoms with van der Waals surface area (Å²) in [6, 6.07) is 29.3. The molecule has 2 nitrogen and oxygen atoms in total. The molecule has 0 bridgehead atoms. The molecule has 3 rings (SSSR count). The van der Waals surface area contributed by atoms with Crippen LogP contribution >= 0.6 is 11.6 Å². The third-order valence-electron chi connectivity index (χ3n) is 4.67. The first-order valence-corrected chi connectivity index (χ1v) is 10.6. The van der Waals surface area contributed by atoms with Crippen molar-refractivity contribution in [1.29, 1.82) is 0 Å². The van der Waals surface area contributed by atoms with Crippen LogP contribution in [0, 0.1) is 0 Å². The molecule has 0 aliphatic rings. The summed E-state index contributed by atoms with van der Waals surface area (Å²) in [6.45, 7) is 3.84. The lowest BCUT2D eigenvalue weighted by atomic mass is 9.88. The fraction of sp³-hybridized carbons (Fsp3) is 0.231. The van der Waals surface area contributed by atoms with Crippen LogP contribution in [0.3, 0.4) is 0 Å². The monoisotopic (exact) mass is 406 g/mol. The van der Waals surface area contributed by atoms with E-state index in [1.807, 2.05) is 31.2 Å². The zero-order chi connectivity index (χ0) is 20.3. The lowest BCUT2D eigenvalue weighted by molar-refractivity contribution is 0.110. The number of hydrogen-bond donors (Lipinski definition) is 0. The van der Waals surface area contributed by atoms with Crippen molar-refractivity contribution in [2.75, 3.05) is 25.7 Å². The molecule has 0 saturated heterocycles. The maximum Gasteiger partial charge on any atom is 0.119 e. The van der Waals surface area contributed by atoms with Gasteiger partial charge >= 0.3 is 0 Å². The molecular weight excluding hydrogens is 380 g/mol. The molecule has 0 saturated carbocycles. The van der Waals surface area contributed by atoms with Crippen LogP contribution in [0.25, 0.3) is 11.1 Å². The topological polar surface area (TPSA) is 18.5 Å². The third-order valence-corrected chi connectivity index (χ3v) is 4.86. The molecule has 0 aliphatic heterocycles. The normalized spacial score (nSPS) is 11.8. The summed E-state index contributed by atoms with van der Waals surface area (Å²) >= 11 is 6.21. The molecule has 0 heterocycles. The third kappa shape index (κ3) is 5.96. The van der Waals surface area contributed by atoms with Crippen molar-refractivity contribution in [2.45, 2.75) is 13.3 Å². The van der Waals surface area contributed by atoms with Gasteiger partial charge in [-0.05, 0) is 53.3 Å². The minimum atomic E-state index is 0.552. The molecular formula is C26H27ClO2. The van der Waals surface area contributed by atoms with Gasteiger partial charge in [0.05, 0.1) is 6.61 Å². The van der Waals surface area contributed by atoms with E-state index in [1.54, 1.807) is 0 Å². The van der Waals surface area contributed by atoms with E-state index >= 15 is 0 Å². The van der Waals surface area contributed by atoms with E-state index in [9.17, 15) is 0 Å². The summed E-state index contributed by atoms with van der Waals surface area (Å²) in [7, 11) is 0. The number of rotatable bonds is 10. The maximum atomic E-state index is 6.21. The van der Waals surface area contributed by atoms with E-state index < -0.39 is 0 Å². The number of alkyl halides is 1. The lowest BCUT2D eigenvalue weighted by Gasteiger charge is -2.17. The Hall–Kier alpha value is -2.55. The Bertz CT molecular complexity index is 887. The fourth-order valence-electron chi connectivity index (χ4n) is 3.35. The number of ether oxygens (including phenoxy) is 2. The quantitative estimate of drug-likeness (QED) is 0.212. The van der Waals surface area contributed by atoms with Gasteiger partial charge in [0.2, 0.25) is 0 Å². The molecule has 0 unspecified atom stereocenters. The largest absolute Gasteiger partial charge is 0.491 e. The number of hydrogen-bond acceptors (Lipinski definition) is 2. The molecule has 0 aromatic heterocycles. The molecule has 0 aliphatic carbocycles. The lowest BCUT2D eigenvalue weighted by Crippen LogP contribution is -2.06. The van der Waals surface area contributed by atoms with Gasteiger partial charge in [0.25, 0.3) is 0 Å². The zero-order valence-electron chi connectivity index (χ0n) is 16.8. The standard InChI is InChI=1S/C26H27ClO2/c1-2-28-19-20-29-24-15-13-23(14-16-24)26(22-11-7-4-8-12-22)25(17-18-27)21-9-5-3-6-10-21/h3-16H,2,17-20H2,1H3/b26-25-. The van der Waals surface area contributed by atoms with Crippen LogP contribution < -0.4 is 4.74 Å². The molecule has 150 valence electrons. The second kappa shape index (κ2) is 11.5. The van der Waals surface area contributed by atoms with Crippen LogP contribution in [0.1, 0.15) is 30.0 Å². The maximum absolute atomic E-state index is 6.21. The molecule has 0 spiro atoms. The van der Waals surface area contributed by atoms with Gasteiger partial charge in [0.15, 0.2) is 0 Å². The van der Waals surface area contributed by atoms with E-state index in [-0.39, 0.29) is 0 Å². The number of halogens is 1. The van der Waals surface area contributed by atoms with Crippen molar-refractivity contribution in [3.63, 3.8) is 0 Å². The summed E-state index contributed by atoms with van der Waals surface area (Å²) in [5.41, 5.74) is 5.98. The molecule has 0 N–H and O–H groups in total. The van der Waals surface area contributed by atoms with Gasteiger partial charge in [0, 0.05) is 12.5 Å². The molecule has 3 heteroatoms. The SMILES string of the molecule is CCOCCOc1ccc(/C(=C(/CCCl)c2ccccc2)c2ccccc2)cc1. The van der Waals surface area contributed by atoms with Crippen LogP contribution in [0.5, 0.6) is 5.75 Å². The first kappa shape index (κ1) is 21.2. The van der Waals surface area contributed by atoms with Crippen LogP contribution in [0.15, 0.2) is 84.9 Å². The molecule has 0 amide bonds. The smallest absolute Gasteiger partial charge is 0.119 e. The molecule has 3 aromatic carbocycles. The van der Waals surface area contributed by atoms with Crippen molar-refractivity contribution < 1.29 is 9.47 Å². The second-order valence-electron chi connectivity index (χ2n) is 6.59. The van der Waals surface area contributed by atoms with E-state index in [0.717, 1.165) is 17.7 Å². The molecule has 0 radical (unpaired) electrons. The van der Waals surface area contributed by atoms with Crippen molar-refractivity contribution in [3.8, 4) is 5.75 Å². The van der Waals surface area contributed by atoms with Crippen molar-refractivity contribution in [3.05, 3.63) is 102 Å². The van der Waals surface area contributed by atoms with Gasteiger partial charge in [-0.1, -0.05) is 72.8 Å². The predicted octanol–water partition coefficient (Wildman–Crippen LogP) is 6.69. The molecule has 29 heavy (non-hydrogen) atoms. The van der Waals surface area contributed by atoms with E-state index in [2.05, 4.69) is 60.7 Å². The summed E-state index contributed by atoms with van der Waals surface area (Å²) < 4.78 is 11.1. The first-order valence-electron chi connectivity index (χ1n) is 10.0. The van der Waals surface area contributed by atoms with E-state index in [1.165, 1.54) is 22.3 Å². The van der Waals surface area contributed by atoms with Gasteiger partial charge < -0.3 is 9.47 Å². The summed E-state index contributed by atoms with van der Waals surface area (Å²) in [6.07, 6.45) is 0.794. The van der Waals surface area contributed by atoms with Crippen LogP contribution in [0.4, 0.5) is 0 Å². The average molecular weight is 407 g/mol. The van der Waals surface area contributed by atoms with Gasteiger partial charge in [-0.15, -0.1) is 11.6 Å². The average Bonchev–Trinajstić information content (AvgIpc) is 2.79. The van der Waals surface area contributed by atoms with Crippen molar-refractivity contribution in [2.24, 2.45) is 0 Å². The molecule has 0 atom stereocenters. The number of benzene rings is 3. The van der Waals surface area contributed by atoms with Gasteiger partial charge in [-0.2, -0.15) is 0 Å². The molecule has 3 aromatic rings. The first-order chi connectivity index (χ1) is 14.3. The summed E-state index contributed by atoms with van der Waals surface area (Å²) in [4.78, 5) is 0. The van der Waals surface area contributed by atoms with Crippen LogP contribution in [-0.4, -0.2) is 25.7 Å². The molecule has 0 fully saturated rings. The van der Waals surface area contributed by atoms with Gasteiger partial charge in [-0.25, -0.2) is 0 Å². The van der Waals surface area contributed by atoms with Crippen molar-refractivity contribution in [1.82, 2.24) is 0 Å². The Labute approximate surface area is 178 Å². The Balaban J connectivity index is 2.00. The van der Waals surface area contributed by atoms with E-state index in [4.69, 9.17) is 21.1 Å². The minimum absolute atomic E-state index is 0.552. The minimum Gasteiger partial charge on any atom is -0.491 e. The highest BCUT2D eigenvalue weighted by Gasteiger charge is 2.14. The Morgan fingerprint density at radius 1 is 0.724 bits per heavy atom. The highest BCUT2D eigenvalue weighted by Crippen LogP contribution is 2.35. The Morgan fingerprint density at radius 2 is 1.31 bits per heavy atom. The zero-order valence-corrected chi connectivity index (χ0v) is 17.6. The predicted molar refractivity (Wildman–Crippen MR) is 123 cm³/mol. The number of allylic oxidation sites excluding steroid dienone is 1. The van der Waals surface area contributed by atoms with E-state index in [0.29, 0.717) is 25.7 Å². The van der Waals surface area contributed by atoms with Gasteiger partial charge in [0.1, 0.15) is 12.4 Å². The summed E-state index contributed by atoms with van der Waals surface area (Å²) in [5.74, 6) is 1.42. The van der Waals surface area contributed by atoms with Gasteiger partial charge in [-0.3, -0.25) is 0 Å². The highest BCUT2D eigenvalue weighted by molar-refractivity contribution is 6.18. The second-order valence-corrected chi connectivity index (χ2v) is 6.97. The van der Waals surface area contributed by atoms with Crippen LogP contribution in [-0.2, 0) is 4.74 Å². The fourth-order valence-corrected chi connectivity index (χ4v) is 3.54. The highest BCUT2D eigenvalue weighted by atomic mass is 35.5. The Morgan fingerprint density at radius 3 is 1.90 bits per heavy atom. The summed E-state index contributed by atoms with van der Waals surface area (Å²) in [5, 5.41) is 0.